The summed E-state index contributed by atoms with van der Waals surface area (Å²) in [5, 5.41) is 8.60. The summed E-state index contributed by atoms with van der Waals surface area (Å²) >= 11 is 0. The fourth-order valence-electron chi connectivity index (χ4n) is 3.64. The maximum atomic E-state index is 12.9. The van der Waals surface area contributed by atoms with Crippen molar-refractivity contribution < 1.29 is 32.8 Å². The average molecular weight is 490 g/mol. The molecular weight excluding hydrogens is 461 g/mol. The largest absolute Gasteiger partial charge is 0.478 e. The molecular formula is C25H28FNO6S. The Morgan fingerprint density at radius 1 is 1.00 bits per heavy atom. The normalized spacial score (nSPS) is 16.2. The van der Waals surface area contributed by atoms with Gasteiger partial charge in [0.1, 0.15) is 11.2 Å². The summed E-state index contributed by atoms with van der Waals surface area (Å²) in [6, 6.07) is 11.8. The number of carbonyl (C=O) groups excluding carboxylic acids is 2. The highest BCUT2D eigenvalue weighted by atomic mass is 32.2. The van der Waals surface area contributed by atoms with E-state index in [0.717, 1.165) is 24.8 Å². The molecule has 7 nitrogen and oxygen atoms in total. The topological polar surface area (TPSA) is 101 Å². The molecule has 2 aromatic rings. The first-order valence-corrected chi connectivity index (χ1v) is 12.6. The van der Waals surface area contributed by atoms with Crippen LogP contribution in [0.3, 0.4) is 0 Å². The molecule has 0 bridgehead atoms. The van der Waals surface area contributed by atoms with Gasteiger partial charge in [0, 0.05) is 35.9 Å². The van der Waals surface area contributed by atoms with E-state index in [2.05, 4.69) is 0 Å². The Balaban J connectivity index is 1.28. The van der Waals surface area contributed by atoms with Gasteiger partial charge in [0.2, 0.25) is 5.91 Å². The van der Waals surface area contributed by atoms with Gasteiger partial charge in [-0.3, -0.25) is 13.8 Å². The number of unbranched alkanes of at least 4 members (excludes halogenated alkanes) is 2. The van der Waals surface area contributed by atoms with Gasteiger partial charge in [0.15, 0.2) is 5.78 Å². The smallest absolute Gasteiger partial charge is 0.335 e. The van der Waals surface area contributed by atoms with Crippen molar-refractivity contribution in [1.29, 1.82) is 0 Å². The van der Waals surface area contributed by atoms with Crippen LogP contribution in [0.1, 0.15) is 58.4 Å². The highest BCUT2D eigenvalue weighted by Gasteiger charge is 2.39. The number of ether oxygens (including phenoxy) is 1. The van der Waals surface area contributed by atoms with Crippen LogP contribution in [0.25, 0.3) is 0 Å². The van der Waals surface area contributed by atoms with E-state index in [9.17, 15) is 23.0 Å². The van der Waals surface area contributed by atoms with Crippen molar-refractivity contribution >= 4 is 28.5 Å². The van der Waals surface area contributed by atoms with E-state index in [1.807, 2.05) is 0 Å². The molecule has 0 aromatic heterocycles. The van der Waals surface area contributed by atoms with Gasteiger partial charge in [0.25, 0.3) is 0 Å². The molecule has 34 heavy (non-hydrogen) atoms. The molecule has 2 unspecified atom stereocenters. The molecule has 1 N–H and O–H groups in total. The van der Waals surface area contributed by atoms with Gasteiger partial charge in [-0.1, -0.05) is 18.6 Å². The molecule has 1 fully saturated rings. The third-order valence-corrected chi connectivity index (χ3v) is 7.31. The lowest BCUT2D eigenvalue weighted by Gasteiger charge is -2.39. The van der Waals surface area contributed by atoms with Crippen molar-refractivity contribution in [2.24, 2.45) is 0 Å². The minimum atomic E-state index is -1.28. The number of β-lactam (4-membered cyclic amide) rings is 1. The SMILES string of the molecule is O=C(O)c1ccc(CS(=O)C2CC(=O)N2CCOCCCCCC(=O)c2ccc(F)cc2)cc1. The third-order valence-electron chi connectivity index (χ3n) is 5.67. The summed E-state index contributed by atoms with van der Waals surface area (Å²) in [5.74, 6) is -1.18. The number of amides is 1. The second-order valence-corrected chi connectivity index (χ2v) is 9.72. The molecule has 2 atom stereocenters. The monoisotopic (exact) mass is 489 g/mol. The Labute approximate surface area is 200 Å². The Hall–Kier alpha value is -2.91. The highest BCUT2D eigenvalue weighted by molar-refractivity contribution is 7.84. The Morgan fingerprint density at radius 2 is 1.68 bits per heavy atom. The summed E-state index contributed by atoms with van der Waals surface area (Å²) in [7, 11) is -1.28. The molecule has 2 aromatic carbocycles. The molecule has 0 spiro atoms. The van der Waals surface area contributed by atoms with Crippen LogP contribution < -0.4 is 0 Å². The molecule has 1 amide bonds. The standard InChI is InChI=1S/C25H28FNO6S/c26-21-11-9-19(10-12-21)22(28)4-2-1-3-14-33-15-13-27-23(29)16-24(27)34(32)17-18-5-7-20(8-6-18)25(30)31/h5-12,24H,1-4,13-17H2,(H,30,31). The first-order valence-electron chi connectivity index (χ1n) is 11.2. The van der Waals surface area contributed by atoms with Gasteiger partial charge in [-0.15, -0.1) is 0 Å². The van der Waals surface area contributed by atoms with E-state index < -0.39 is 16.8 Å². The molecule has 182 valence electrons. The number of halogens is 1. The number of ketones is 1. The molecule has 0 aliphatic carbocycles. The molecule has 1 heterocycles. The number of hydrogen-bond acceptors (Lipinski definition) is 5. The second-order valence-electron chi connectivity index (χ2n) is 8.13. The minimum Gasteiger partial charge on any atom is -0.478 e. The number of nitrogens with zero attached hydrogens (tertiary/aromatic N) is 1. The van der Waals surface area contributed by atoms with Crippen molar-refractivity contribution in [3.8, 4) is 0 Å². The zero-order chi connectivity index (χ0) is 24.5. The van der Waals surface area contributed by atoms with E-state index in [0.29, 0.717) is 31.7 Å². The van der Waals surface area contributed by atoms with Crippen molar-refractivity contribution in [2.45, 2.75) is 43.2 Å². The summed E-state index contributed by atoms with van der Waals surface area (Å²) in [5.41, 5.74) is 1.45. The second kappa shape index (κ2) is 12.5. The van der Waals surface area contributed by atoms with E-state index in [4.69, 9.17) is 9.84 Å². The van der Waals surface area contributed by atoms with Crippen LogP contribution in [0.4, 0.5) is 4.39 Å². The Kier molecular flexibility index (Phi) is 9.47. The first-order chi connectivity index (χ1) is 16.3. The van der Waals surface area contributed by atoms with E-state index in [1.165, 1.54) is 36.4 Å². The van der Waals surface area contributed by atoms with Crippen molar-refractivity contribution in [3.63, 3.8) is 0 Å². The van der Waals surface area contributed by atoms with Crippen LogP contribution in [0.2, 0.25) is 0 Å². The molecule has 1 aliphatic rings. The number of hydrogen-bond donors (Lipinski definition) is 1. The third kappa shape index (κ3) is 7.30. The fourth-order valence-corrected chi connectivity index (χ4v) is 5.19. The first kappa shape index (κ1) is 25.7. The molecule has 9 heteroatoms. The van der Waals surface area contributed by atoms with Crippen LogP contribution in [0, 0.1) is 5.82 Å². The highest BCUT2D eigenvalue weighted by Crippen LogP contribution is 2.24. The fraction of sp³-hybridized carbons (Fsp3) is 0.400. The quantitative estimate of drug-likeness (QED) is 0.246. The molecule has 0 saturated carbocycles. The number of carboxylic acids is 1. The molecule has 0 radical (unpaired) electrons. The van der Waals surface area contributed by atoms with Crippen LogP contribution in [-0.4, -0.2) is 57.0 Å². The van der Waals surface area contributed by atoms with Crippen molar-refractivity contribution in [3.05, 3.63) is 71.0 Å². The van der Waals surface area contributed by atoms with E-state index >= 15 is 0 Å². The van der Waals surface area contributed by atoms with Gasteiger partial charge in [-0.05, 0) is 54.8 Å². The predicted octanol–water partition coefficient (Wildman–Crippen LogP) is 3.79. The van der Waals surface area contributed by atoms with E-state index in [1.54, 1.807) is 17.0 Å². The Bertz CT molecular complexity index is 1020. The van der Waals surface area contributed by atoms with Gasteiger partial charge >= 0.3 is 5.97 Å². The number of carbonyl (C=O) groups is 3. The predicted molar refractivity (Wildman–Crippen MR) is 125 cm³/mol. The number of benzene rings is 2. The van der Waals surface area contributed by atoms with Gasteiger partial charge < -0.3 is 14.7 Å². The summed E-state index contributed by atoms with van der Waals surface area (Å²) in [4.78, 5) is 36.5. The average Bonchev–Trinajstić information content (AvgIpc) is 2.81. The van der Waals surface area contributed by atoms with Crippen LogP contribution in [0.15, 0.2) is 48.5 Å². The Morgan fingerprint density at radius 3 is 2.32 bits per heavy atom. The van der Waals surface area contributed by atoms with Crippen LogP contribution in [0.5, 0.6) is 0 Å². The number of Topliss-reactive ketones (excluding diaryl/α,β-unsaturated/α-hetero) is 1. The molecule has 3 rings (SSSR count). The zero-order valence-electron chi connectivity index (χ0n) is 18.8. The van der Waals surface area contributed by atoms with Crippen molar-refractivity contribution in [2.75, 3.05) is 19.8 Å². The lowest BCUT2D eigenvalue weighted by Crippen LogP contribution is -2.55. The lowest BCUT2D eigenvalue weighted by molar-refractivity contribution is -0.142. The lowest BCUT2D eigenvalue weighted by atomic mass is 10.0. The van der Waals surface area contributed by atoms with Crippen LogP contribution in [-0.2, 0) is 26.1 Å². The minimum absolute atomic E-state index is 0.00548. The molecule has 1 saturated heterocycles. The van der Waals surface area contributed by atoms with Gasteiger partial charge in [0.05, 0.1) is 24.3 Å². The van der Waals surface area contributed by atoms with Gasteiger partial charge in [-0.2, -0.15) is 0 Å². The number of rotatable bonds is 14. The van der Waals surface area contributed by atoms with E-state index in [-0.39, 0.29) is 40.6 Å². The number of carboxylic acid groups (broad SMARTS) is 1. The number of likely N-dealkylation sites (tertiary alicyclic amines) is 1. The summed E-state index contributed by atoms with van der Waals surface area (Å²) in [6.45, 7) is 1.23. The maximum Gasteiger partial charge on any atom is 0.335 e. The maximum absolute atomic E-state index is 12.9. The van der Waals surface area contributed by atoms with Gasteiger partial charge in [-0.25, -0.2) is 9.18 Å². The summed E-state index contributed by atoms with van der Waals surface area (Å²) in [6.07, 6.45) is 2.97. The summed E-state index contributed by atoms with van der Waals surface area (Å²) < 4.78 is 31.2. The van der Waals surface area contributed by atoms with Crippen molar-refractivity contribution in [1.82, 2.24) is 4.90 Å². The zero-order valence-corrected chi connectivity index (χ0v) is 19.6. The van der Waals surface area contributed by atoms with Crippen LogP contribution >= 0.6 is 0 Å². The molecule has 1 aliphatic heterocycles. The number of aromatic carboxylic acids is 1.